The lowest BCUT2D eigenvalue weighted by molar-refractivity contribution is -0.167. The number of alkyl carbamates (subject to hydrolysis) is 1. The van der Waals surface area contributed by atoms with Crippen molar-refractivity contribution < 1.29 is 29.0 Å². The van der Waals surface area contributed by atoms with Crippen LogP contribution in [-0.2, 0) is 19.1 Å². The molecule has 0 radical (unpaired) electrons. The van der Waals surface area contributed by atoms with E-state index in [9.17, 15) is 19.5 Å². The van der Waals surface area contributed by atoms with Crippen LogP contribution in [0.4, 0.5) is 4.79 Å². The van der Waals surface area contributed by atoms with E-state index in [0.29, 0.717) is 0 Å². The first-order valence-corrected chi connectivity index (χ1v) is 10.8. The highest BCUT2D eigenvalue weighted by Crippen LogP contribution is 2.44. The Hall–Kier alpha value is -3.39. The first-order valence-electron chi connectivity index (χ1n) is 10.8. The van der Waals surface area contributed by atoms with Gasteiger partial charge in [0.05, 0.1) is 6.61 Å². The Morgan fingerprint density at radius 2 is 1.64 bits per heavy atom. The van der Waals surface area contributed by atoms with Gasteiger partial charge in [0.25, 0.3) is 5.91 Å². The van der Waals surface area contributed by atoms with Crippen LogP contribution in [0, 0.1) is 5.41 Å². The van der Waals surface area contributed by atoms with Gasteiger partial charge in [0.1, 0.15) is 17.6 Å². The first-order chi connectivity index (χ1) is 15.7. The lowest BCUT2D eigenvalue weighted by Crippen LogP contribution is -2.68. The minimum absolute atomic E-state index is 0.0731. The molecule has 0 spiro atoms. The largest absolute Gasteiger partial charge is 0.481 e. The van der Waals surface area contributed by atoms with Gasteiger partial charge in [0.2, 0.25) is 0 Å². The average Bonchev–Trinajstić information content (AvgIpc) is 3.09. The van der Waals surface area contributed by atoms with Gasteiger partial charge in [0.15, 0.2) is 0 Å². The van der Waals surface area contributed by atoms with E-state index in [-0.39, 0.29) is 32.2 Å². The number of carboxylic acids is 1. The van der Waals surface area contributed by atoms with Gasteiger partial charge in [-0.05, 0) is 36.1 Å². The molecule has 1 aliphatic heterocycles. The number of amides is 2. The van der Waals surface area contributed by atoms with Gasteiger partial charge in [-0.25, -0.2) is 4.79 Å². The van der Waals surface area contributed by atoms with Crippen molar-refractivity contribution in [2.45, 2.75) is 25.3 Å². The Kier molecular flexibility index (Phi) is 5.88. The Bertz CT molecular complexity index is 1050. The fourth-order valence-corrected chi connectivity index (χ4v) is 4.72. The second kappa shape index (κ2) is 8.51. The summed E-state index contributed by atoms with van der Waals surface area (Å²) in [4.78, 5) is 38.6. The number of carbonyl (C=O) groups excluding carboxylic acids is 2. The van der Waals surface area contributed by atoms with Crippen LogP contribution in [0.5, 0.6) is 0 Å². The molecule has 1 unspecified atom stereocenters. The summed E-state index contributed by atoms with van der Waals surface area (Å²) in [5.74, 6) is -1.46. The fraction of sp³-hybridized carbons (Fsp3) is 0.400. The van der Waals surface area contributed by atoms with Crippen molar-refractivity contribution in [3.05, 3.63) is 59.7 Å². The smallest absolute Gasteiger partial charge is 0.408 e. The summed E-state index contributed by atoms with van der Waals surface area (Å²) in [6, 6.07) is 16.1. The third-order valence-corrected chi connectivity index (χ3v) is 6.51. The Balaban J connectivity index is 1.43. The summed E-state index contributed by atoms with van der Waals surface area (Å²) >= 11 is 0. The topological polar surface area (TPSA) is 105 Å². The third kappa shape index (κ3) is 4.06. The van der Waals surface area contributed by atoms with Crippen LogP contribution in [0.2, 0.25) is 0 Å². The quantitative estimate of drug-likeness (QED) is 0.669. The molecule has 8 nitrogen and oxygen atoms in total. The molecule has 1 aliphatic carbocycles. The van der Waals surface area contributed by atoms with Crippen molar-refractivity contribution in [1.82, 2.24) is 10.2 Å². The number of methoxy groups -OCH3 is 1. The van der Waals surface area contributed by atoms with Crippen LogP contribution < -0.4 is 5.32 Å². The highest BCUT2D eigenvalue weighted by atomic mass is 16.5. The minimum Gasteiger partial charge on any atom is -0.481 e. The standard InChI is InChI=1S/C25H28N2O6/c1-24(22(29)30)13-27(14-24)21(28)25(2,15-32-3)26-23(31)33-12-20-18-10-6-4-8-16(18)17-9-5-7-11-19(17)20/h4-11,20H,12-15H2,1-3H3,(H,26,31)(H,29,30). The van der Waals surface area contributed by atoms with Crippen LogP contribution in [0.15, 0.2) is 48.5 Å². The van der Waals surface area contributed by atoms with Crippen molar-refractivity contribution in [3.63, 3.8) is 0 Å². The number of fused-ring (bicyclic) bond motifs is 3. The van der Waals surface area contributed by atoms with Crippen LogP contribution in [0.1, 0.15) is 30.9 Å². The number of rotatable bonds is 7. The third-order valence-electron chi connectivity index (χ3n) is 6.51. The molecule has 33 heavy (non-hydrogen) atoms. The number of aliphatic carboxylic acids is 1. The van der Waals surface area contributed by atoms with Gasteiger partial charge in [-0.2, -0.15) is 0 Å². The van der Waals surface area contributed by atoms with E-state index in [1.165, 1.54) is 12.0 Å². The minimum atomic E-state index is -1.38. The van der Waals surface area contributed by atoms with E-state index in [1.54, 1.807) is 13.8 Å². The molecule has 1 atom stereocenters. The van der Waals surface area contributed by atoms with E-state index >= 15 is 0 Å². The Morgan fingerprint density at radius 3 is 2.15 bits per heavy atom. The summed E-state index contributed by atoms with van der Waals surface area (Å²) in [6.45, 7) is 3.34. The van der Waals surface area contributed by atoms with Gasteiger partial charge in [0, 0.05) is 26.1 Å². The zero-order valence-corrected chi connectivity index (χ0v) is 19.0. The summed E-state index contributed by atoms with van der Waals surface area (Å²) in [6.07, 6.45) is -0.730. The summed E-state index contributed by atoms with van der Waals surface area (Å²) in [5.41, 5.74) is 2.08. The molecule has 2 N–H and O–H groups in total. The molecular weight excluding hydrogens is 424 g/mol. The average molecular weight is 453 g/mol. The maximum absolute atomic E-state index is 13.1. The van der Waals surface area contributed by atoms with E-state index in [4.69, 9.17) is 9.47 Å². The van der Waals surface area contributed by atoms with Crippen molar-refractivity contribution in [1.29, 1.82) is 0 Å². The SMILES string of the molecule is COCC(C)(NC(=O)OCC1c2ccccc2-c2ccccc21)C(=O)N1CC(C)(C(=O)O)C1. The predicted molar refractivity (Wildman–Crippen MR) is 121 cm³/mol. The number of nitrogens with one attached hydrogen (secondary N) is 1. The number of carbonyl (C=O) groups is 3. The normalized spacial score (nSPS) is 17.8. The van der Waals surface area contributed by atoms with Crippen molar-refractivity contribution in [2.24, 2.45) is 5.41 Å². The lowest BCUT2D eigenvalue weighted by Gasteiger charge is -2.47. The fourth-order valence-electron chi connectivity index (χ4n) is 4.72. The van der Waals surface area contributed by atoms with Crippen LogP contribution in [-0.4, -0.2) is 66.9 Å². The zero-order chi connectivity index (χ0) is 23.8. The van der Waals surface area contributed by atoms with Gasteiger partial charge < -0.3 is 24.8 Å². The number of hydrogen-bond acceptors (Lipinski definition) is 5. The second-order valence-corrected chi connectivity index (χ2v) is 9.24. The molecule has 4 rings (SSSR count). The number of hydrogen-bond donors (Lipinski definition) is 2. The molecule has 0 saturated carbocycles. The number of carboxylic acid groups (broad SMARTS) is 1. The molecule has 1 saturated heterocycles. The van der Waals surface area contributed by atoms with E-state index in [0.717, 1.165) is 22.3 Å². The van der Waals surface area contributed by atoms with E-state index < -0.39 is 28.9 Å². The maximum Gasteiger partial charge on any atom is 0.408 e. The molecule has 2 amide bonds. The first kappa shape index (κ1) is 22.8. The van der Waals surface area contributed by atoms with Gasteiger partial charge >= 0.3 is 12.1 Å². The highest BCUT2D eigenvalue weighted by Gasteiger charge is 2.51. The van der Waals surface area contributed by atoms with Crippen LogP contribution in [0.25, 0.3) is 11.1 Å². The van der Waals surface area contributed by atoms with Crippen LogP contribution in [0.3, 0.4) is 0 Å². The molecule has 8 heteroatoms. The molecule has 0 bridgehead atoms. The highest BCUT2D eigenvalue weighted by molar-refractivity contribution is 5.92. The molecule has 1 fully saturated rings. The summed E-state index contributed by atoms with van der Waals surface area (Å²) in [7, 11) is 1.43. The number of nitrogens with zero attached hydrogens (tertiary/aromatic N) is 1. The lowest BCUT2D eigenvalue weighted by atomic mass is 9.80. The van der Waals surface area contributed by atoms with Crippen molar-refractivity contribution in [3.8, 4) is 11.1 Å². The Labute approximate surface area is 192 Å². The van der Waals surface area contributed by atoms with Crippen molar-refractivity contribution >= 4 is 18.0 Å². The summed E-state index contributed by atoms with van der Waals surface area (Å²) < 4.78 is 10.8. The zero-order valence-electron chi connectivity index (χ0n) is 19.0. The predicted octanol–water partition coefficient (Wildman–Crippen LogP) is 2.86. The Morgan fingerprint density at radius 1 is 1.09 bits per heavy atom. The van der Waals surface area contributed by atoms with Gasteiger partial charge in [-0.3, -0.25) is 9.59 Å². The number of ether oxygens (including phenoxy) is 2. The molecule has 2 aliphatic rings. The number of likely N-dealkylation sites (tertiary alicyclic amines) is 1. The molecule has 1 heterocycles. The molecule has 2 aromatic rings. The molecule has 2 aromatic carbocycles. The van der Waals surface area contributed by atoms with Gasteiger partial charge in [-0.1, -0.05) is 48.5 Å². The molecule has 0 aromatic heterocycles. The number of benzene rings is 2. The molecule has 174 valence electrons. The van der Waals surface area contributed by atoms with E-state index in [1.807, 2.05) is 36.4 Å². The summed E-state index contributed by atoms with van der Waals surface area (Å²) in [5, 5.41) is 12.0. The van der Waals surface area contributed by atoms with E-state index in [2.05, 4.69) is 17.4 Å². The second-order valence-electron chi connectivity index (χ2n) is 9.24. The monoisotopic (exact) mass is 452 g/mol. The maximum atomic E-state index is 13.1. The van der Waals surface area contributed by atoms with Gasteiger partial charge in [-0.15, -0.1) is 0 Å². The van der Waals surface area contributed by atoms with Crippen LogP contribution >= 0.6 is 0 Å². The molecular formula is C25H28N2O6. The van der Waals surface area contributed by atoms with Crippen molar-refractivity contribution in [2.75, 3.05) is 33.4 Å².